The normalized spacial score (nSPS) is 10.9. The second-order valence-electron chi connectivity index (χ2n) is 6.98. The van der Waals surface area contributed by atoms with Crippen molar-refractivity contribution in [3.05, 3.63) is 82.4 Å². The van der Waals surface area contributed by atoms with Gasteiger partial charge in [-0.3, -0.25) is 4.79 Å². The monoisotopic (exact) mass is 469 g/mol. The average molecular weight is 470 g/mol. The van der Waals surface area contributed by atoms with Crippen molar-refractivity contribution in [2.75, 3.05) is 5.32 Å². The highest BCUT2D eigenvalue weighted by Gasteiger charge is 2.12. The molecule has 0 unspecified atom stereocenters. The molecule has 32 heavy (non-hydrogen) atoms. The molecule has 3 aromatic carbocycles. The van der Waals surface area contributed by atoms with E-state index in [0.717, 1.165) is 11.1 Å². The van der Waals surface area contributed by atoms with Gasteiger partial charge in [0.1, 0.15) is 11.5 Å². The van der Waals surface area contributed by atoms with Gasteiger partial charge in [0.15, 0.2) is 0 Å². The van der Waals surface area contributed by atoms with E-state index in [1.165, 1.54) is 24.3 Å². The van der Waals surface area contributed by atoms with Crippen molar-refractivity contribution in [1.82, 2.24) is 0 Å². The Labute approximate surface area is 191 Å². The highest BCUT2D eigenvalue weighted by atomic mass is 35.5. The number of carbonyl (C=O) groups is 1. The van der Waals surface area contributed by atoms with Crippen molar-refractivity contribution < 1.29 is 17.9 Å². The summed E-state index contributed by atoms with van der Waals surface area (Å²) in [6.07, 6.45) is 0.792. The Kier molecular flexibility index (Phi) is 7.15. The molecule has 0 saturated carbocycles. The van der Waals surface area contributed by atoms with Crippen LogP contribution in [0.4, 0.5) is 5.69 Å². The largest absolute Gasteiger partial charge is 0.457 e. The number of halogens is 1. The Bertz CT molecular complexity index is 1300. The third-order valence-electron chi connectivity index (χ3n) is 4.57. The summed E-state index contributed by atoms with van der Waals surface area (Å²) in [6.45, 7) is 1.98. The van der Waals surface area contributed by atoms with Gasteiger partial charge >= 0.3 is 0 Å². The van der Waals surface area contributed by atoms with Crippen LogP contribution in [0.25, 0.3) is 0 Å². The van der Waals surface area contributed by atoms with E-state index in [4.69, 9.17) is 26.7 Å². The number of amides is 1. The zero-order valence-electron chi connectivity index (χ0n) is 17.1. The van der Waals surface area contributed by atoms with Gasteiger partial charge < -0.3 is 10.1 Å². The molecular weight excluding hydrogens is 450 g/mol. The quantitative estimate of drug-likeness (QED) is 0.531. The number of primary sulfonamides is 1. The van der Waals surface area contributed by atoms with Crippen LogP contribution in [-0.2, 0) is 27.7 Å². The number of nitrogens with two attached hydrogens (primary N) is 1. The molecule has 0 bridgehead atoms. The number of sulfonamides is 1. The molecule has 0 atom stereocenters. The first-order valence-corrected chi connectivity index (χ1v) is 11.5. The molecule has 0 saturated heterocycles. The number of anilines is 1. The molecule has 1 amide bonds. The van der Waals surface area contributed by atoms with Crippen LogP contribution >= 0.6 is 11.6 Å². The summed E-state index contributed by atoms with van der Waals surface area (Å²) in [6, 6.07) is 17.9. The van der Waals surface area contributed by atoms with Gasteiger partial charge in [-0.05, 0) is 66.1 Å². The van der Waals surface area contributed by atoms with E-state index in [1.807, 2.05) is 25.1 Å². The lowest BCUT2D eigenvalue weighted by Gasteiger charge is -2.13. The van der Waals surface area contributed by atoms with Gasteiger partial charge in [-0.1, -0.05) is 30.7 Å². The van der Waals surface area contributed by atoms with Crippen molar-refractivity contribution in [3.8, 4) is 17.6 Å². The zero-order valence-corrected chi connectivity index (χ0v) is 18.7. The van der Waals surface area contributed by atoms with E-state index in [2.05, 4.69) is 5.32 Å². The predicted molar refractivity (Wildman–Crippen MR) is 122 cm³/mol. The predicted octanol–water partition coefficient (Wildman–Crippen LogP) is 4.39. The highest BCUT2D eigenvalue weighted by Crippen LogP contribution is 2.30. The summed E-state index contributed by atoms with van der Waals surface area (Å²) in [4.78, 5) is 12.4. The molecule has 0 aromatic heterocycles. The fraction of sp³-hybridized carbons (Fsp3) is 0.130. The summed E-state index contributed by atoms with van der Waals surface area (Å²) in [5.74, 6) is 0.722. The van der Waals surface area contributed by atoms with Gasteiger partial charge in [0.25, 0.3) is 0 Å². The smallest absolute Gasteiger partial charge is 0.238 e. The third kappa shape index (κ3) is 6.08. The number of rotatable bonds is 7. The van der Waals surface area contributed by atoms with Gasteiger partial charge in [0.05, 0.1) is 22.9 Å². The standard InChI is InChI=1S/C23H20ClN3O4S/c1-2-17-4-3-15(11-22(17)31-20-10-16(14-25)9-18(24)13-20)12-23(28)27-19-5-7-21(8-6-19)32(26,29)30/h3-11,13H,2,12H2,1H3,(H,27,28)(H2,26,29,30). The topological polar surface area (TPSA) is 122 Å². The van der Waals surface area contributed by atoms with E-state index < -0.39 is 10.0 Å². The maximum Gasteiger partial charge on any atom is 0.238 e. The second-order valence-corrected chi connectivity index (χ2v) is 8.98. The molecule has 3 N–H and O–H groups in total. The van der Waals surface area contributed by atoms with Gasteiger partial charge in [0, 0.05) is 10.7 Å². The number of nitrogens with one attached hydrogen (secondary N) is 1. The lowest BCUT2D eigenvalue weighted by atomic mass is 10.1. The summed E-state index contributed by atoms with van der Waals surface area (Å²) in [5, 5.41) is 17.3. The number of hydrogen-bond acceptors (Lipinski definition) is 5. The SMILES string of the molecule is CCc1ccc(CC(=O)Nc2ccc(S(N)(=O)=O)cc2)cc1Oc1cc(Cl)cc(C#N)c1. The lowest BCUT2D eigenvalue weighted by Crippen LogP contribution is -2.15. The number of ether oxygens (including phenoxy) is 1. The van der Waals surface area contributed by atoms with Crippen LogP contribution in [0.5, 0.6) is 11.5 Å². The number of carbonyl (C=O) groups excluding carboxylic acids is 1. The van der Waals surface area contributed by atoms with Gasteiger partial charge in [-0.2, -0.15) is 5.26 Å². The zero-order chi connectivity index (χ0) is 23.3. The molecule has 0 aliphatic rings. The number of aryl methyl sites for hydroxylation is 1. The molecule has 0 aliphatic carbocycles. The molecule has 9 heteroatoms. The van der Waals surface area contributed by atoms with E-state index in [0.29, 0.717) is 34.2 Å². The van der Waals surface area contributed by atoms with Crippen molar-refractivity contribution in [2.24, 2.45) is 5.14 Å². The molecule has 0 fully saturated rings. The number of nitriles is 1. The molecule has 3 aromatic rings. The van der Waals surface area contributed by atoms with E-state index in [-0.39, 0.29) is 17.2 Å². The fourth-order valence-corrected chi connectivity index (χ4v) is 3.77. The Balaban J connectivity index is 1.75. The Morgan fingerprint density at radius 2 is 1.84 bits per heavy atom. The van der Waals surface area contributed by atoms with Crippen LogP contribution in [0, 0.1) is 11.3 Å². The van der Waals surface area contributed by atoms with Crippen molar-refractivity contribution in [2.45, 2.75) is 24.7 Å². The van der Waals surface area contributed by atoms with Crippen LogP contribution < -0.4 is 15.2 Å². The molecule has 7 nitrogen and oxygen atoms in total. The van der Waals surface area contributed by atoms with Crippen LogP contribution in [0.15, 0.2) is 65.6 Å². The molecule has 3 rings (SSSR count). The molecule has 0 radical (unpaired) electrons. The Morgan fingerprint density at radius 3 is 2.47 bits per heavy atom. The Morgan fingerprint density at radius 1 is 1.12 bits per heavy atom. The highest BCUT2D eigenvalue weighted by molar-refractivity contribution is 7.89. The molecule has 0 spiro atoms. The minimum atomic E-state index is -3.79. The van der Waals surface area contributed by atoms with Crippen molar-refractivity contribution in [3.63, 3.8) is 0 Å². The van der Waals surface area contributed by atoms with Crippen molar-refractivity contribution >= 4 is 33.2 Å². The van der Waals surface area contributed by atoms with Crippen molar-refractivity contribution in [1.29, 1.82) is 5.26 Å². The van der Waals surface area contributed by atoms with Crippen LogP contribution in [0.1, 0.15) is 23.6 Å². The van der Waals surface area contributed by atoms with E-state index in [1.54, 1.807) is 24.3 Å². The van der Waals surface area contributed by atoms with E-state index in [9.17, 15) is 13.2 Å². The first-order chi connectivity index (χ1) is 15.2. The van der Waals surface area contributed by atoms with E-state index >= 15 is 0 Å². The second kappa shape index (κ2) is 9.83. The maximum atomic E-state index is 12.5. The van der Waals surface area contributed by atoms with Crippen LogP contribution in [-0.4, -0.2) is 14.3 Å². The average Bonchev–Trinajstić information content (AvgIpc) is 2.73. The third-order valence-corrected chi connectivity index (χ3v) is 5.72. The molecular formula is C23H20ClN3O4S. The molecule has 0 aliphatic heterocycles. The summed E-state index contributed by atoms with van der Waals surface area (Å²) in [7, 11) is -3.79. The van der Waals surface area contributed by atoms with Crippen LogP contribution in [0.2, 0.25) is 5.02 Å². The number of nitrogens with zero attached hydrogens (tertiary/aromatic N) is 1. The minimum absolute atomic E-state index is 0.0342. The summed E-state index contributed by atoms with van der Waals surface area (Å²) < 4.78 is 28.6. The first-order valence-electron chi connectivity index (χ1n) is 9.61. The first kappa shape index (κ1) is 23.3. The number of hydrogen-bond donors (Lipinski definition) is 2. The lowest BCUT2D eigenvalue weighted by molar-refractivity contribution is -0.115. The summed E-state index contributed by atoms with van der Waals surface area (Å²) in [5.41, 5.74) is 2.49. The Hall–Kier alpha value is -3.38. The molecule has 0 heterocycles. The van der Waals surface area contributed by atoms with Gasteiger partial charge in [-0.15, -0.1) is 0 Å². The molecule has 164 valence electrons. The maximum absolute atomic E-state index is 12.5. The minimum Gasteiger partial charge on any atom is -0.457 e. The number of benzene rings is 3. The van der Waals surface area contributed by atoms with Gasteiger partial charge in [0.2, 0.25) is 15.9 Å². The fourth-order valence-electron chi connectivity index (χ4n) is 3.03. The van der Waals surface area contributed by atoms with Crippen LogP contribution in [0.3, 0.4) is 0 Å². The summed E-state index contributed by atoms with van der Waals surface area (Å²) >= 11 is 6.06. The van der Waals surface area contributed by atoms with Gasteiger partial charge in [-0.25, -0.2) is 13.6 Å².